The van der Waals surface area contributed by atoms with Gasteiger partial charge in [-0.15, -0.1) is 6.58 Å². The third kappa shape index (κ3) is 7.04. The van der Waals surface area contributed by atoms with Gasteiger partial charge in [-0.2, -0.15) is 5.10 Å². The molecule has 0 bridgehead atoms. The summed E-state index contributed by atoms with van der Waals surface area (Å²) in [6.07, 6.45) is 3.28. The van der Waals surface area contributed by atoms with Crippen LogP contribution in [0.4, 0.5) is 0 Å². The Morgan fingerprint density at radius 3 is 2.69 bits per heavy atom. The lowest BCUT2D eigenvalue weighted by molar-refractivity contribution is 0.00845. The molecule has 3 aromatic rings. The van der Waals surface area contributed by atoms with Crippen LogP contribution in [0.3, 0.4) is 0 Å². The van der Waals surface area contributed by atoms with Crippen molar-refractivity contribution in [2.24, 2.45) is 7.05 Å². The lowest BCUT2D eigenvalue weighted by Crippen LogP contribution is -2.39. The number of aromatic nitrogens is 2. The Hall–Kier alpha value is -2.97. The Morgan fingerprint density at radius 2 is 2.00 bits per heavy atom. The van der Waals surface area contributed by atoms with Crippen molar-refractivity contribution in [1.82, 2.24) is 14.7 Å². The zero-order valence-electron chi connectivity index (χ0n) is 21.3. The first-order valence-corrected chi connectivity index (χ1v) is 12.6. The van der Waals surface area contributed by atoms with Crippen molar-refractivity contribution in [3.63, 3.8) is 0 Å². The first-order valence-electron chi connectivity index (χ1n) is 12.6. The second kappa shape index (κ2) is 12.8. The first kappa shape index (κ1) is 26.1. The highest BCUT2D eigenvalue weighted by Crippen LogP contribution is 2.34. The molecular weight excluding hydrogens is 454 g/mol. The standard InChI is InChI=1S/C29H37N3O4/c1-4-16-34-21-24(33)18-32(19-26-11-8-17-35-26)20-27-28(23-9-6-5-7-10-23)30-31(3)29(27)36-25-14-12-22(2)13-15-25/h4-7,9-10,12-15,24,26,33H,1,8,11,16-21H2,2-3H3/t24-,26+/m1/s1. The van der Waals surface area contributed by atoms with Crippen LogP contribution in [0.25, 0.3) is 11.3 Å². The van der Waals surface area contributed by atoms with Gasteiger partial charge in [0, 0.05) is 38.9 Å². The maximum absolute atomic E-state index is 10.7. The van der Waals surface area contributed by atoms with Gasteiger partial charge in [0.15, 0.2) is 0 Å². The van der Waals surface area contributed by atoms with Crippen molar-refractivity contribution in [3.8, 4) is 22.9 Å². The van der Waals surface area contributed by atoms with Crippen LogP contribution in [-0.4, -0.2) is 64.9 Å². The maximum Gasteiger partial charge on any atom is 0.222 e. The van der Waals surface area contributed by atoms with Crippen molar-refractivity contribution >= 4 is 0 Å². The second-order valence-electron chi connectivity index (χ2n) is 9.35. The molecule has 36 heavy (non-hydrogen) atoms. The van der Waals surface area contributed by atoms with E-state index in [0.717, 1.165) is 42.0 Å². The lowest BCUT2D eigenvalue weighted by atomic mass is 10.1. The van der Waals surface area contributed by atoms with Crippen LogP contribution in [0.5, 0.6) is 11.6 Å². The molecule has 4 rings (SSSR count). The number of aliphatic hydroxyl groups is 1. The van der Waals surface area contributed by atoms with E-state index < -0.39 is 6.10 Å². The molecule has 0 radical (unpaired) electrons. The van der Waals surface area contributed by atoms with Gasteiger partial charge in [0.2, 0.25) is 5.88 Å². The molecule has 1 aliphatic heterocycles. The number of nitrogens with zero attached hydrogens (tertiary/aromatic N) is 3. The highest BCUT2D eigenvalue weighted by atomic mass is 16.5. The molecule has 7 heteroatoms. The van der Waals surface area contributed by atoms with Crippen LogP contribution in [0.15, 0.2) is 67.3 Å². The number of benzene rings is 2. The quantitative estimate of drug-likeness (QED) is 0.275. The van der Waals surface area contributed by atoms with Crippen molar-refractivity contribution in [2.75, 3.05) is 32.9 Å². The van der Waals surface area contributed by atoms with Crippen LogP contribution in [0.2, 0.25) is 0 Å². The first-order chi connectivity index (χ1) is 17.5. The fraction of sp³-hybridized carbons (Fsp3) is 0.414. The van der Waals surface area contributed by atoms with Crippen molar-refractivity contribution < 1.29 is 19.3 Å². The Bertz CT molecular complexity index is 1090. The zero-order chi connectivity index (χ0) is 25.3. The average Bonchev–Trinajstić information content (AvgIpc) is 3.49. The van der Waals surface area contributed by atoms with Crippen molar-refractivity contribution in [3.05, 3.63) is 78.4 Å². The van der Waals surface area contributed by atoms with E-state index in [1.54, 1.807) is 10.8 Å². The zero-order valence-corrected chi connectivity index (χ0v) is 21.3. The molecule has 1 fully saturated rings. The predicted octanol–water partition coefficient (Wildman–Crippen LogP) is 4.73. The summed E-state index contributed by atoms with van der Waals surface area (Å²) in [5.41, 5.74) is 4.04. The molecule has 0 saturated carbocycles. The average molecular weight is 492 g/mol. The molecule has 2 atom stereocenters. The van der Waals surface area contributed by atoms with Crippen LogP contribution in [0.1, 0.15) is 24.0 Å². The van der Waals surface area contributed by atoms with E-state index in [2.05, 4.69) is 30.5 Å². The number of hydrogen-bond donors (Lipinski definition) is 1. The topological polar surface area (TPSA) is 69.0 Å². The Kier molecular flexibility index (Phi) is 9.30. The van der Waals surface area contributed by atoms with Gasteiger partial charge < -0.3 is 19.3 Å². The molecule has 2 heterocycles. The molecule has 1 aromatic heterocycles. The molecular formula is C29H37N3O4. The largest absolute Gasteiger partial charge is 0.439 e. The third-order valence-electron chi connectivity index (χ3n) is 6.25. The molecule has 1 aliphatic rings. The minimum atomic E-state index is -0.635. The summed E-state index contributed by atoms with van der Waals surface area (Å²) in [6, 6.07) is 18.2. The molecule has 0 unspecified atom stereocenters. The summed E-state index contributed by atoms with van der Waals surface area (Å²) in [4.78, 5) is 2.23. The Morgan fingerprint density at radius 1 is 1.22 bits per heavy atom. The monoisotopic (exact) mass is 491 g/mol. The summed E-state index contributed by atoms with van der Waals surface area (Å²) >= 11 is 0. The molecule has 1 N–H and O–H groups in total. The van der Waals surface area contributed by atoms with E-state index in [4.69, 9.17) is 19.3 Å². The highest BCUT2D eigenvalue weighted by molar-refractivity contribution is 5.65. The fourth-order valence-electron chi connectivity index (χ4n) is 4.51. The van der Waals surface area contributed by atoms with Gasteiger partial charge in [-0.05, 0) is 31.9 Å². The van der Waals surface area contributed by atoms with Crippen molar-refractivity contribution in [1.29, 1.82) is 0 Å². The van der Waals surface area contributed by atoms with E-state index >= 15 is 0 Å². The SMILES string of the molecule is C=CCOC[C@H](O)CN(Cc1c(-c2ccccc2)nn(C)c1Oc1ccc(C)cc1)C[C@@H]1CCCO1. The minimum absolute atomic E-state index is 0.143. The number of ether oxygens (including phenoxy) is 3. The van der Waals surface area contributed by atoms with E-state index in [9.17, 15) is 5.11 Å². The number of hydrogen-bond acceptors (Lipinski definition) is 6. The highest BCUT2D eigenvalue weighted by Gasteiger charge is 2.26. The van der Waals surface area contributed by atoms with Crippen LogP contribution < -0.4 is 4.74 Å². The third-order valence-corrected chi connectivity index (χ3v) is 6.25. The molecule has 0 aliphatic carbocycles. The van der Waals surface area contributed by atoms with E-state index in [1.807, 2.05) is 49.5 Å². The van der Waals surface area contributed by atoms with Gasteiger partial charge in [-0.1, -0.05) is 54.1 Å². The summed E-state index contributed by atoms with van der Waals surface area (Å²) < 4.78 is 19.6. The van der Waals surface area contributed by atoms with Gasteiger partial charge in [0.25, 0.3) is 0 Å². The van der Waals surface area contributed by atoms with E-state index in [1.165, 1.54) is 5.56 Å². The molecule has 1 saturated heterocycles. The van der Waals surface area contributed by atoms with E-state index in [-0.39, 0.29) is 12.7 Å². The Labute approximate surface area is 213 Å². The molecule has 0 spiro atoms. The summed E-state index contributed by atoms with van der Waals surface area (Å²) in [6.45, 7) is 8.90. The summed E-state index contributed by atoms with van der Waals surface area (Å²) in [5.74, 6) is 1.44. The van der Waals surface area contributed by atoms with Gasteiger partial charge in [0.1, 0.15) is 11.4 Å². The van der Waals surface area contributed by atoms with Crippen molar-refractivity contribution in [2.45, 2.75) is 38.5 Å². The minimum Gasteiger partial charge on any atom is -0.439 e. The summed E-state index contributed by atoms with van der Waals surface area (Å²) in [7, 11) is 1.90. The normalized spacial score (nSPS) is 16.4. The maximum atomic E-state index is 10.7. The number of aryl methyl sites for hydroxylation is 2. The van der Waals surface area contributed by atoms with Gasteiger partial charge in [0.05, 0.1) is 31.0 Å². The van der Waals surface area contributed by atoms with Gasteiger partial charge >= 0.3 is 0 Å². The molecule has 0 amide bonds. The molecule has 192 valence electrons. The second-order valence-corrected chi connectivity index (χ2v) is 9.35. The number of aliphatic hydroxyl groups excluding tert-OH is 1. The lowest BCUT2D eigenvalue weighted by Gasteiger charge is -2.27. The van der Waals surface area contributed by atoms with E-state index in [0.29, 0.717) is 32.1 Å². The van der Waals surface area contributed by atoms with Crippen LogP contribution in [-0.2, 0) is 23.1 Å². The fourth-order valence-corrected chi connectivity index (χ4v) is 4.51. The molecule has 2 aromatic carbocycles. The van der Waals surface area contributed by atoms with Crippen LogP contribution in [0, 0.1) is 6.92 Å². The molecule has 7 nitrogen and oxygen atoms in total. The van der Waals surface area contributed by atoms with Gasteiger partial charge in [-0.3, -0.25) is 4.90 Å². The summed E-state index contributed by atoms with van der Waals surface area (Å²) in [5, 5.41) is 15.6. The smallest absolute Gasteiger partial charge is 0.222 e. The van der Waals surface area contributed by atoms with Gasteiger partial charge in [-0.25, -0.2) is 4.68 Å². The Balaban J connectivity index is 1.64. The predicted molar refractivity (Wildman–Crippen MR) is 141 cm³/mol. The number of rotatable bonds is 13. The van der Waals surface area contributed by atoms with Crippen LogP contribution >= 0.6 is 0 Å².